The van der Waals surface area contributed by atoms with E-state index in [1.807, 2.05) is 24.3 Å². The van der Waals surface area contributed by atoms with Crippen molar-refractivity contribution in [3.8, 4) is 0 Å². The first-order valence-electron chi connectivity index (χ1n) is 6.31. The van der Waals surface area contributed by atoms with Gasteiger partial charge in [0, 0.05) is 29.6 Å². The van der Waals surface area contributed by atoms with Crippen LogP contribution >= 0.6 is 0 Å². The molecule has 0 aliphatic rings. The average Bonchev–Trinajstić information content (AvgIpc) is 2.71. The van der Waals surface area contributed by atoms with Crippen LogP contribution < -0.4 is 5.73 Å². The maximum absolute atomic E-state index is 10.4. The molecule has 0 fully saturated rings. The average molecular weight is 264 g/mol. The second kappa shape index (κ2) is 5.30. The third-order valence-electron chi connectivity index (χ3n) is 3.33. The van der Waals surface area contributed by atoms with Crippen molar-refractivity contribution in [1.82, 2.24) is 4.98 Å². The third-order valence-corrected chi connectivity index (χ3v) is 3.33. The number of aromatic amines is 1. The summed E-state index contributed by atoms with van der Waals surface area (Å²) in [6.45, 7) is 1.72. The number of hydrogen-bond acceptors (Lipinski definition) is 4. The predicted molar refractivity (Wildman–Crippen MR) is 73.4 cm³/mol. The molecule has 0 radical (unpaired) electrons. The van der Waals surface area contributed by atoms with Crippen molar-refractivity contribution in [2.45, 2.75) is 37.7 Å². The first-order valence-corrected chi connectivity index (χ1v) is 6.31. The first kappa shape index (κ1) is 14.0. The van der Waals surface area contributed by atoms with E-state index in [1.165, 1.54) is 0 Å². The quantitative estimate of drug-likeness (QED) is 0.507. The van der Waals surface area contributed by atoms with E-state index in [2.05, 4.69) is 4.98 Å². The van der Waals surface area contributed by atoms with Gasteiger partial charge in [0.1, 0.15) is 5.60 Å². The molecule has 0 unspecified atom stereocenters. The maximum Gasteiger partial charge on any atom is 0.181 e. The van der Waals surface area contributed by atoms with E-state index >= 15 is 0 Å². The Labute approximate surface area is 111 Å². The number of benzene rings is 1. The number of nitrogens with one attached hydrogen (secondary N) is 1. The summed E-state index contributed by atoms with van der Waals surface area (Å²) in [6, 6.07) is 7.35. The summed E-state index contributed by atoms with van der Waals surface area (Å²) in [5.41, 5.74) is 5.82. The fourth-order valence-electron chi connectivity index (χ4n) is 2.43. The number of nitrogens with two attached hydrogens (primary N) is 1. The minimum absolute atomic E-state index is 0.115. The molecule has 1 heterocycles. The fourth-order valence-corrected chi connectivity index (χ4v) is 2.43. The molecule has 0 aliphatic carbocycles. The lowest BCUT2D eigenvalue weighted by atomic mass is 9.88. The van der Waals surface area contributed by atoms with Crippen LogP contribution in [0.1, 0.15) is 18.9 Å². The number of aliphatic hydroxyl groups excluding tert-OH is 1. The van der Waals surface area contributed by atoms with Crippen molar-refractivity contribution < 1.29 is 15.3 Å². The van der Waals surface area contributed by atoms with Crippen LogP contribution in [0, 0.1) is 0 Å². The standard InChI is InChI=1S/C14H20N2O3/c1-9(15)6-14(19,13(17)18)7-10-8-16-12-5-3-2-4-11(10)12/h2-5,8-9,13,16-19H,6-7,15H2,1H3/t9-,14+/m0/s1. The molecule has 0 aliphatic heterocycles. The summed E-state index contributed by atoms with van der Waals surface area (Å²) < 4.78 is 0. The lowest BCUT2D eigenvalue weighted by Crippen LogP contribution is -2.47. The molecule has 19 heavy (non-hydrogen) atoms. The molecule has 0 bridgehead atoms. The van der Waals surface area contributed by atoms with Gasteiger partial charge in [0.05, 0.1) is 0 Å². The molecule has 2 atom stereocenters. The number of fused-ring (bicyclic) bond motifs is 1. The molecule has 0 amide bonds. The van der Waals surface area contributed by atoms with Crippen molar-refractivity contribution in [3.63, 3.8) is 0 Å². The third kappa shape index (κ3) is 2.96. The Kier molecular flexibility index (Phi) is 3.91. The van der Waals surface area contributed by atoms with E-state index in [0.29, 0.717) is 0 Å². The maximum atomic E-state index is 10.4. The summed E-state index contributed by atoms with van der Waals surface area (Å²) in [4.78, 5) is 3.10. The van der Waals surface area contributed by atoms with Crippen LogP contribution in [-0.2, 0) is 6.42 Å². The minimum Gasteiger partial charge on any atom is -0.384 e. The Balaban J connectivity index is 2.31. The highest BCUT2D eigenvalue weighted by Crippen LogP contribution is 2.26. The zero-order chi connectivity index (χ0) is 14.0. The normalized spacial score (nSPS) is 16.7. The van der Waals surface area contributed by atoms with Crippen LogP contribution in [-0.4, -0.2) is 38.2 Å². The van der Waals surface area contributed by atoms with Crippen molar-refractivity contribution in [2.24, 2.45) is 5.73 Å². The van der Waals surface area contributed by atoms with Gasteiger partial charge in [-0.2, -0.15) is 0 Å². The Bertz CT molecular complexity index is 550. The van der Waals surface area contributed by atoms with Gasteiger partial charge in [-0.3, -0.25) is 0 Å². The van der Waals surface area contributed by atoms with Crippen molar-refractivity contribution in [2.75, 3.05) is 0 Å². The molecule has 2 aromatic rings. The van der Waals surface area contributed by atoms with Crippen LogP contribution in [0.4, 0.5) is 0 Å². The van der Waals surface area contributed by atoms with Crippen molar-refractivity contribution >= 4 is 10.9 Å². The molecule has 5 heteroatoms. The molecule has 1 aromatic heterocycles. The number of hydrogen-bond donors (Lipinski definition) is 5. The van der Waals surface area contributed by atoms with Gasteiger partial charge in [-0.15, -0.1) is 0 Å². The number of aliphatic hydroxyl groups is 3. The minimum atomic E-state index is -1.83. The molecule has 0 saturated carbocycles. The van der Waals surface area contributed by atoms with E-state index in [4.69, 9.17) is 5.73 Å². The number of H-pyrrole nitrogens is 1. The number of para-hydroxylation sites is 1. The molecule has 2 rings (SSSR count). The van der Waals surface area contributed by atoms with E-state index < -0.39 is 11.9 Å². The van der Waals surface area contributed by atoms with Gasteiger partial charge in [0.25, 0.3) is 0 Å². The van der Waals surface area contributed by atoms with E-state index in [-0.39, 0.29) is 18.9 Å². The second-order valence-corrected chi connectivity index (χ2v) is 5.19. The van der Waals surface area contributed by atoms with Crippen LogP contribution in [0.5, 0.6) is 0 Å². The predicted octanol–water partition coefficient (Wildman–Crippen LogP) is 0.489. The van der Waals surface area contributed by atoms with Gasteiger partial charge in [0.2, 0.25) is 0 Å². The summed E-state index contributed by atoms with van der Waals surface area (Å²) in [5, 5.41) is 30.2. The lowest BCUT2D eigenvalue weighted by molar-refractivity contribution is -0.187. The zero-order valence-electron chi connectivity index (χ0n) is 10.9. The monoisotopic (exact) mass is 264 g/mol. The highest BCUT2D eigenvalue weighted by molar-refractivity contribution is 5.83. The SMILES string of the molecule is C[C@H](N)C[C@@](O)(Cc1c[nH]c2ccccc12)C(O)O. The summed E-state index contributed by atoms with van der Waals surface area (Å²) in [6.07, 6.45) is 0.201. The van der Waals surface area contributed by atoms with E-state index in [9.17, 15) is 15.3 Å². The molecule has 6 N–H and O–H groups in total. The van der Waals surface area contributed by atoms with E-state index in [1.54, 1.807) is 13.1 Å². The fraction of sp³-hybridized carbons (Fsp3) is 0.429. The highest BCUT2D eigenvalue weighted by atomic mass is 16.5. The zero-order valence-corrected chi connectivity index (χ0v) is 10.9. The number of rotatable bonds is 5. The molecule has 1 aromatic carbocycles. The summed E-state index contributed by atoms with van der Waals surface area (Å²) in [7, 11) is 0. The summed E-state index contributed by atoms with van der Waals surface area (Å²) in [5.74, 6) is 0. The molecule has 5 nitrogen and oxygen atoms in total. The molecular formula is C14H20N2O3. The lowest BCUT2D eigenvalue weighted by Gasteiger charge is -2.31. The molecule has 0 spiro atoms. The Morgan fingerprint density at radius 3 is 2.63 bits per heavy atom. The van der Waals surface area contributed by atoms with Crippen LogP contribution in [0.3, 0.4) is 0 Å². The molecular weight excluding hydrogens is 244 g/mol. The summed E-state index contributed by atoms with van der Waals surface area (Å²) >= 11 is 0. The largest absolute Gasteiger partial charge is 0.384 e. The topological polar surface area (TPSA) is 102 Å². The Morgan fingerprint density at radius 1 is 1.32 bits per heavy atom. The Hall–Kier alpha value is -1.40. The van der Waals surface area contributed by atoms with E-state index in [0.717, 1.165) is 16.5 Å². The smallest absolute Gasteiger partial charge is 0.181 e. The molecule has 104 valence electrons. The van der Waals surface area contributed by atoms with Crippen LogP contribution in [0.2, 0.25) is 0 Å². The van der Waals surface area contributed by atoms with Crippen LogP contribution in [0.25, 0.3) is 10.9 Å². The van der Waals surface area contributed by atoms with Gasteiger partial charge in [0.15, 0.2) is 6.29 Å². The highest BCUT2D eigenvalue weighted by Gasteiger charge is 2.36. The van der Waals surface area contributed by atoms with Crippen molar-refractivity contribution in [3.05, 3.63) is 36.0 Å². The van der Waals surface area contributed by atoms with Gasteiger partial charge < -0.3 is 26.0 Å². The molecule has 0 saturated heterocycles. The Morgan fingerprint density at radius 2 is 2.00 bits per heavy atom. The first-order chi connectivity index (χ1) is 8.92. The van der Waals surface area contributed by atoms with Gasteiger partial charge in [-0.25, -0.2) is 0 Å². The van der Waals surface area contributed by atoms with Crippen LogP contribution in [0.15, 0.2) is 30.5 Å². The van der Waals surface area contributed by atoms with Gasteiger partial charge >= 0.3 is 0 Å². The van der Waals surface area contributed by atoms with Crippen molar-refractivity contribution in [1.29, 1.82) is 0 Å². The van der Waals surface area contributed by atoms with Gasteiger partial charge in [-0.05, 0) is 25.0 Å². The second-order valence-electron chi connectivity index (χ2n) is 5.19. The van der Waals surface area contributed by atoms with Gasteiger partial charge in [-0.1, -0.05) is 18.2 Å². The number of aromatic nitrogens is 1.